The van der Waals surface area contributed by atoms with Gasteiger partial charge in [-0.25, -0.2) is 18.6 Å². The normalized spacial score (nSPS) is 13.4. The van der Waals surface area contributed by atoms with Crippen molar-refractivity contribution in [3.05, 3.63) is 89.4 Å². The molecule has 0 spiro atoms. The Hall–Kier alpha value is -4.14. The van der Waals surface area contributed by atoms with Gasteiger partial charge < -0.3 is 15.5 Å². The molecule has 1 aromatic carbocycles. The molecule has 0 atom stereocenters. The van der Waals surface area contributed by atoms with E-state index < -0.39 is 11.6 Å². The number of halogens is 2. The van der Waals surface area contributed by atoms with Gasteiger partial charge in [-0.2, -0.15) is 0 Å². The fourth-order valence-corrected chi connectivity index (χ4v) is 3.41. The van der Waals surface area contributed by atoms with E-state index in [4.69, 9.17) is 0 Å². The summed E-state index contributed by atoms with van der Waals surface area (Å²) in [5.41, 5.74) is 1.93. The van der Waals surface area contributed by atoms with E-state index in [2.05, 4.69) is 20.6 Å². The first-order valence-electron chi connectivity index (χ1n) is 10.4. The third-order valence-corrected chi connectivity index (χ3v) is 5.16. The van der Waals surface area contributed by atoms with Crippen molar-refractivity contribution in [1.29, 1.82) is 0 Å². The Kier molecular flexibility index (Phi) is 6.68. The Morgan fingerprint density at radius 3 is 2.48 bits per heavy atom. The van der Waals surface area contributed by atoms with Gasteiger partial charge in [0.1, 0.15) is 23.1 Å². The molecule has 9 heteroatoms. The molecule has 0 unspecified atom stereocenters. The van der Waals surface area contributed by atoms with Gasteiger partial charge in [0.15, 0.2) is 0 Å². The summed E-state index contributed by atoms with van der Waals surface area (Å²) in [4.78, 5) is 34.5. The second-order valence-electron chi connectivity index (χ2n) is 7.49. The van der Waals surface area contributed by atoms with Crippen LogP contribution in [0, 0.1) is 11.6 Å². The van der Waals surface area contributed by atoms with Crippen molar-refractivity contribution in [3.63, 3.8) is 0 Å². The molecule has 0 bridgehead atoms. The van der Waals surface area contributed by atoms with Crippen molar-refractivity contribution in [2.75, 3.05) is 23.7 Å². The van der Waals surface area contributed by atoms with E-state index in [1.54, 1.807) is 41.3 Å². The lowest BCUT2D eigenvalue weighted by Gasteiger charge is -2.28. The number of aromatic nitrogens is 2. The first kappa shape index (κ1) is 22.1. The molecule has 168 valence electrons. The van der Waals surface area contributed by atoms with Crippen LogP contribution in [0.25, 0.3) is 6.08 Å². The van der Waals surface area contributed by atoms with E-state index in [0.29, 0.717) is 37.4 Å². The maximum absolute atomic E-state index is 13.8. The van der Waals surface area contributed by atoms with E-state index in [9.17, 15) is 18.4 Å². The average molecular weight is 449 g/mol. The second kappa shape index (κ2) is 9.99. The molecule has 2 N–H and O–H groups in total. The van der Waals surface area contributed by atoms with Gasteiger partial charge in [0.25, 0.3) is 5.91 Å². The minimum Gasteiger partial charge on any atom is -0.324 e. The van der Waals surface area contributed by atoms with Crippen LogP contribution >= 0.6 is 0 Å². The van der Waals surface area contributed by atoms with Crippen LogP contribution in [0.3, 0.4) is 0 Å². The molecule has 0 radical (unpaired) electrons. The van der Waals surface area contributed by atoms with Crippen molar-refractivity contribution >= 4 is 29.5 Å². The number of pyridine rings is 2. The number of nitrogens with zero attached hydrogens (tertiary/aromatic N) is 3. The van der Waals surface area contributed by atoms with Crippen molar-refractivity contribution in [3.8, 4) is 0 Å². The predicted octanol–water partition coefficient (Wildman–Crippen LogP) is 4.72. The zero-order valence-electron chi connectivity index (χ0n) is 17.6. The number of hydrogen-bond donors (Lipinski definition) is 2. The summed E-state index contributed by atoms with van der Waals surface area (Å²) >= 11 is 0. The zero-order valence-corrected chi connectivity index (χ0v) is 17.6. The summed E-state index contributed by atoms with van der Waals surface area (Å²) in [5, 5.41) is 5.42. The fraction of sp³-hybridized carbons (Fsp3) is 0.167. The van der Waals surface area contributed by atoms with E-state index in [1.165, 1.54) is 12.4 Å². The number of likely N-dealkylation sites (tertiary alicyclic amines) is 1. The van der Waals surface area contributed by atoms with Gasteiger partial charge >= 0.3 is 6.03 Å². The number of carbonyl (C=O) groups excluding carboxylic acids is 2. The van der Waals surface area contributed by atoms with Gasteiger partial charge in [-0.05, 0) is 55.3 Å². The maximum Gasteiger partial charge on any atom is 0.321 e. The number of nitrogens with one attached hydrogen (secondary N) is 2. The predicted molar refractivity (Wildman–Crippen MR) is 121 cm³/mol. The molecule has 7 nitrogen and oxygen atoms in total. The van der Waals surface area contributed by atoms with E-state index >= 15 is 0 Å². The van der Waals surface area contributed by atoms with Gasteiger partial charge in [0.05, 0.1) is 11.9 Å². The van der Waals surface area contributed by atoms with Gasteiger partial charge in [-0.15, -0.1) is 0 Å². The Balaban J connectivity index is 1.29. The average Bonchev–Trinajstić information content (AvgIpc) is 2.83. The second-order valence-corrected chi connectivity index (χ2v) is 7.49. The van der Waals surface area contributed by atoms with Crippen LogP contribution in [0.15, 0.2) is 66.5 Å². The zero-order chi connectivity index (χ0) is 23.2. The number of piperidine rings is 1. The number of carbonyl (C=O) groups is 2. The molecule has 3 heterocycles. The van der Waals surface area contributed by atoms with Crippen LogP contribution in [-0.2, 0) is 0 Å². The van der Waals surface area contributed by atoms with Crippen LogP contribution in [0.4, 0.5) is 25.1 Å². The summed E-state index contributed by atoms with van der Waals surface area (Å²) in [7, 11) is 0. The molecule has 33 heavy (non-hydrogen) atoms. The van der Waals surface area contributed by atoms with Gasteiger partial charge in [0.2, 0.25) is 0 Å². The van der Waals surface area contributed by atoms with Crippen LogP contribution < -0.4 is 10.6 Å². The number of benzene rings is 1. The molecule has 1 aliphatic rings. The summed E-state index contributed by atoms with van der Waals surface area (Å²) in [6.07, 6.45) is 5.77. The molecule has 1 fully saturated rings. The highest BCUT2D eigenvalue weighted by Gasteiger charge is 2.19. The fourth-order valence-electron chi connectivity index (χ4n) is 3.41. The molecule has 4 rings (SSSR count). The summed E-state index contributed by atoms with van der Waals surface area (Å²) in [6, 6.07) is 11.3. The third-order valence-electron chi connectivity index (χ3n) is 5.16. The number of anilines is 2. The molecule has 3 aromatic rings. The monoisotopic (exact) mass is 449 g/mol. The molecular formula is C24H21F2N5O2. The molecule has 1 aliphatic heterocycles. The highest BCUT2D eigenvalue weighted by atomic mass is 19.1. The van der Waals surface area contributed by atoms with Crippen LogP contribution in [0.5, 0.6) is 0 Å². The van der Waals surface area contributed by atoms with Crippen LogP contribution in [-0.4, -0.2) is 39.9 Å². The Morgan fingerprint density at radius 1 is 0.970 bits per heavy atom. The van der Waals surface area contributed by atoms with Crippen LogP contribution in [0.2, 0.25) is 0 Å². The lowest BCUT2D eigenvalue weighted by atomic mass is 10.0. The smallest absolute Gasteiger partial charge is 0.321 e. The Labute approximate surface area is 189 Å². The lowest BCUT2D eigenvalue weighted by molar-refractivity contribution is 0.102. The highest BCUT2D eigenvalue weighted by molar-refractivity contribution is 6.02. The first-order chi connectivity index (χ1) is 16.0. The van der Waals surface area contributed by atoms with Gasteiger partial charge in [-0.1, -0.05) is 17.7 Å². The van der Waals surface area contributed by atoms with Crippen molar-refractivity contribution in [1.82, 2.24) is 14.9 Å². The van der Waals surface area contributed by atoms with Gasteiger partial charge in [-0.3, -0.25) is 9.78 Å². The van der Waals surface area contributed by atoms with E-state index in [-0.39, 0.29) is 23.2 Å². The molecule has 1 saturated heterocycles. The molecule has 3 amide bonds. The third kappa shape index (κ3) is 5.76. The maximum atomic E-state index is 13.8. The van der Waals surface area contributed by atoms with Gasteiger partial charge in [0, 0.05) is 24.8 Å². The minimum absolute atomic E-state index is 0.212. The summed E-state index contributed by atoms with van der Waals surface area (Å²) < 4.78 is 27.2. The number of rotatable bonds is 4. The molecule has 2 aromatic heterocycles. The highest BCUT2D eigenvalue weighted by Crippen LogP contribution is 2.22. The topological polar surface area (TPSA) is 87.2 Å². The Morgan fingerprint density at radius 2 is 1.79 bits per heavy atom. The Bertz CT molecular complexity index is 1170. The first-order valence-corrected chi connectivity index (χ1v) is 10.4. The largest absolute Gasteiger partial charge is 0.324 e. The molecule has 0 aliphatic carbocycles. The lowest BCUT2D eigenvalue weighted by Crippen LogP contribution is -2.39. The summed E-state index contributed by atoms with van der Waals surface area (Å²) in [5.74, 6) is -1.01. The van der Waals surface area contributed by atoms with Crippen molar-refractivity contribution in [2.24, 2.45) is 0 Å². The standard InChI is InChI=1S/C24H21F2N5O2/c25-18-4-6-20(26)17(14-18)13-16-8-11-31(12-9-16)24(33)29-19-5-7-22(28-15-19)30-23(32)21-3-1-2-10-27-21/h1-7,10,13-15H,8-9,11-12H2,(H,29,33)(H,28,30,32). The number of amides is 3. The van der Waals surface area contributed by atoms with Crippen molar-refractivity contribution < 1.29 is 18.4 Å². The quantitative estimate of drug-likeness (QED) is 0.604. The SMILES string of the molecule is O=C(Nc1ccc(NC(=O)N2CCC(=Cc3cc(F)ccc3F)CC2)cn1)c1ccccn1. The summed E-state index contributed by atoms with van der Waals surface area (Å²) in [6.45, 7) is 0.917. The van der Waals surface area contributed by atoms with E-state index in [1.807, 2.05) is 0 Å². The molecular weight excluding hydrogens is 428 g/mol. The number of urea groups is 1. The van der Waals surface area contributed by atoms with E-state index in [0.717, 1.165) is 23.8 Å². The van der Waals surface area contributed by atoms with Crippen LogP contribution in [0.1, 0.15) is 28.9 Å². The molecule has 0 saturated carbocycles. The van der Waals surface area contributed by atoms with Crippen molar-refractivity contribution in [2.45, 2.75) is 12.8 Å². The number of hydrogen-bond acceptors (Lipinski definition) is 4. The minimum atomic E-state index is -0.490.